The summed E-state index contributed by atoms with van der Waals surface area (Å²) >= 11 is 3.14. The van der Waals surface area contributed by atoms with Crippen LogP contribution in [0.2, 0.25) is 0 Å². The van der Waals surface area contributed by atoms with E-state index in [9.17, 15) is 4.39 Å². The van der Waals surface area contributed by atoms with Crippen molar-refractivity contribution in [2.24, 2.45) is 0 Å². The molecule has 10 heavy (non-hydrogen) atoms. The molecule has 0 aliphatic rings. The van der Waals surface area contributed by atoms with Gasteiger partial charge < -0.3 is 0 Å². The molecule has 50 valence electrons. The van der Waals surface area contributed by atoms with E-state index in [1.165, 1.54) is 6.07 Å². The molecular formula is C7H5BBrF. The second-order valence-corrected chi connectivity index (χ2v) is 2.50. The fourth-order valence-corrected chi connectivity index (χ4v) is 1.31. The minimum Gasteiger partial charge on any atom is -0.207 e. The van der Waals surface area contributed by atoms with Gasteiger partial charge in [-0.3, -0.25) is 0 Å². The maximum atomic E-state index is 12.7. The summed E-state index contributed by atoms with van der Waals surface area (Å²) in [5, 5.41) is 0.464. The Balaban J connectivity index is 3.17. The molecule has 0 aliphatic heterocycles. The van der Waals surface area contributed by atoms with Crippen molar-refractivity contribution < 1.29 is 4.39 Å². The fraction of sp³-hybridized carbons (Fsp3) is 0.143. The summed E-state index contributed by atoms with van der Waals surface area (Å²) in [6.45, 7) is 0. The number of rotatable bonds is 1. The first-order valence-corrected chi connectivity index (χ1v) is 3.96. The van der Waals surface area contributed by atoms with E-state index in [1.54, 1.807) is 12.1 Å². The molecular weight excluding hydrogens is 194 g/mol. The van der Waals surface area contributed by atoms with Gasteiger partial charge in [0, 0.05) is 5.33 Å². The van der Waals surface area contributed by atoms with E-state index in [0.29, 0.717) is 16.4 Å². The van der Waals surface area contributed by atoms with E-state index in [4.69, 9.17) is 7.85 Å². The van der Waals surface area contributed by atoms with Crippen molar-refractivity contribution in [2.75, 3.05) is 0 Å². The summed E-state index contributed by atoms with van der Waals surface area (Å²) in [6.07, 6.45) is 0. The van der Waals surface area contributed by atoms with Crippen LogP contribution >= 0.6 is 15.9 Å². The third-order valence-electron chi connectivity index (χ3n) is 1.29. The molecule has 2 radical (unpaired) electrons. The molecule has 0 nitrogen and oxygen atoms in total. The molecule has 0 saturated heterocycles. The van der Waals surface area contributed by atoms with E-state index < -0.39 is 0 Å². The van der Waals surface area contributed by atoms with Crippen LogP contribution in [0.1, 0.15) is 5.56 Å². The average Bonchev–Trinajstić information content (AvgIpc) is 1.88. The summed E-state index contributed by atoms with van der Waals surface area (Å²) < 4.78 is 12.7. The molecule has 0 atom stereocenters. The van der Waals surface area contributed by atoms with Gasteiger partial charge >= 0.3 is 0 Å². The van der Waals surface area contributed by atoms with Crippen LogP contribution in [-0.4, -0.2) is 7.85 Å². The van der Waals surface area contributed by atoms with E-state index in [2.05, 4.69) is 15.9 Å². The predicted molar refractivity (Wildman–Crippen MR) is 44.4 cm³/mol. The summed E-state index contributed by atoms with van der Waals surface area (Å²) in [5.74, 6) is -0.253. The number of halogens is 2. The normalized spacial score (nSPS) is 9.80. The minimum absolute atomic E-state index is 0.253. The lowest BCUT2D eigenvalue weighted by Gasteiger charge is -2.01. The van der Waals surface area contributed by atoms with E-state index in [1.807, 2.05) is 0 Å². The maximum absolute atomic E-state index is 12.7. The first-order valence-electron chi connectivity index (χ1n) is 2.84. The van der Waals surface area contributed by atoms with Crippen molar-refractivity contribution in [3.8, 4) is 0 Å². The van der Waals surface area contributed by atoms with Crippen molar-refractivity contribution in [1.29, 1.82) is 0 Å². The van der Waals surface area contributed by atoms with Gasteiger partial charge in [0.05, 0.1) is 0 Å². The molecule has 0 aromatic heterocycles. The topological polar surface area (TPSA) is 0 Å². The third kappa shape index (κ3) is 1.40. The third-order valence-corrected chi connectivity index (χ3v) is 1.85. The van der Waals surface area contributed by atoms with Crippen molar-refractivity contribution in [1.82, 2.24) is 0 Å². The number of benzene rings is 1. The Hall–Kier alpha value is -0.305. The zero-order chi connectivity index (χ0) is 7.56. The first kappa shape index (κ1) is 7.80. The van der Waals surface area contributed by atoms with Gasteiger partial charge in [0.1, 0.15) is 13.7 Å². The number of hydrogen-bond acceptors (Lipinski definition) is 0. The minimum atomic E-state index is -0.253. The van der Waals surface area contributed by atoms with Crippen LogP contribution in [0.4, 0.5) is 4.39 Å². The molecule has 0 N–H and O–H groups in total. The van der Waals surface area contributed by atoms with Crippen molar-refractivity contribution in [2.45, 2.75) is 5.33 Å². The Morgan fingerprint density at radius 2 is 2.20 bits per heavy atom. The van der Waals surface area contributed by atoms with Crippen LogP contribution in [0.5, 0.6) is 0 Å². The van der Waals surface area contributed by atoms with Crippen molar-refractivity contribution >= 4 is 29.2 Å². The zero-order valence-corrected chi connectivity index (χ0v) is 6.86. The van der Waals surface area contributed by atoms with Gasteiger partial charge in [-0.15, -0.1) is 0 Å². The summed E-state index contributed by atoms with van der Waals surface area (Å²) in [5.41, 5.74) is 1.03. The molecule has 3 heteroatoms. The lowest BCUT2D eigenvalue weighted by atomic mass is 9.91. The monoisotopic (exact) mass is 198 g/mol. The zero-order valence-electron chi connectivity index (χ0n) is 5.27. The summed E-state index contributed by atoms with van der Waals surface area (Å²) in [4.78, 5) is 0. The van der Waals surface area contributed by atoms with Crippen LogP contribution < -0.4 is 5.46 Å². The maximum Gasteiger partial charge on any atom is 0.126 e. The van der Waals surface area contributed by atoms with Gasteiger partial charge in [0.15, 0.2) is 0 Å². The lowest BCUT2D eigenvalue weighted by molar-refractivity contribution is 0.619. The Morgan fingerprint density at radius 3 is 2.60 bits per heavy atom. The molecule has 1 rings (SSSR count). The molecule has 0 spiro atoms. The fourth-order valence-electron chi connectivity index (χ4n) is 0.716. The summed E-state index contributed by atoms with van der Waals surface area (Å²) in [7, 11) is 5.46. The molecule has 0 saturated carbocycles. The highest BCUT2D eigenvalue weighted by Crippen LogP contribution is 2.06. The standard InChI is InChI=1S/C7H5BBrF/c8-6-2-1-3-7(10)5(6)4-9/h1-3H,4H2. The van der Waals surface area contributed by atoms with Gasteiger partial charge in [0.2, 0.25) is 0 Å². The Kier molecular flexibility index (Phi) is 2.49. The summed E-state index contributed by atoms with van der Waals surface area (Å²) in [6, 6.07) is 4.67. The SMILES string of the molecule is [B]c1cccc(F)c1CBr. The Labute approximate surface area is 69.0 Å². The van der Waals surface area contributed by atoms with Crippen LogP contribution in [-0.2, 0) is 5.33 Å². The van der Waals surface area contributed by atoms with Gasteiger partial charge in [0.25, 0.3) is 0 Å². The number of hydrogen-bond donors (Lipinski definition) is 0. The van der Waals surface area contributed by atoms with E-state index in [0.717, 1.165) is 0 Å². The Morgan fingerprint density at radius 1 is 1.50 bits per heavy atom. The number of alkyl halides is 1. The van der Waals surface area contributed by atoms with E-state index >= 15 is 0 Å². The molecule has 1 aromatic rings. The van der Waals surface area contributed by atoms with Gasteiger partial charge in [-0.05, 0) is 11.6 Å². The smallest absolute Gasteiger partial charge is 0.126 e. The second kappa shape index (κ2) is 3.19. The molecule has 0 amide bonds. The molecule has 0 heterocycles. The second-order valence-electron chi connectivity index (χ2n) is 1.94. The lowest BCUT2D eigenvalue weighted by Crippen LogP contribution is -2.10. The highest BCUT2D eigenvalue weighted by atomic mass is 79.9. The van der Waals surface area contributed by atoms with Gasteiger partial charge in [-0.25, -0.2) is 4.39 Å². The van der Waals surface area contributed by atoms with Crippen molar-refractivity contribution in [3.63, 3.8) is 0 Å². The van der Waals surface area contributed by atoms with Crippen LogP contribution in [0.15, 0.2) is 18.2 Å². The molecule has 0 unspecified atom stereocenters. The molecule has 0 bridgehead atoms. The largest absolute Gasteiger partial charge is 0.207 e. The molecule has 0 fully saturated rings. The average molecular weight is 199 g/mol. The van der Waals surface area contributed by atoms with Gasteiger partial charge in [-0.2, -0.15) is 0 Å². The first-order chi connectivity index (χ1) is 4.75. The predicted octanol–water partition coefficient (Wildman–Crippen LogP) is 1.51. The van der Waals surface area contributed by atoms with E-state index in [-0.39, 0.29) is 5.82 Å². The quantitative estimate of drug-likeness (QED) is 0.474. The molecule has 1 aromatic carbocycles. The van der Waals surface area contributed by atoms with Crippen LogP contribution in [0.25, 0.3) is 0 Å². The van der Waals surface area contributed by atoms with Crippen LogP contribution in [0, 0.1) is 5.82 Å². The highest BCUT2D eigenvalue weighted by molar-refractivity contribution is 9.08. The van der Waals surface area contributed by atoms with Gasteiger partial charge in [-0.1, -0.05) is 33.5 Å². The Bertz CT molecular complexity index is 217. The molecule has 0 aliphatic carbocycles. The van der Waals surface area contributed by atoms with Crippen molar-refractivity contribution in [3.05, 3.63) is 29.6 Å². The van der Waals surface area contributed by atoms with Crippen LogP contribution in [0.3, 0.4) is 0 Å². The highest BCUT2D eigenvalue weighted by Gasteiger charge is 2.00.